The van der Waals surface area contributed by atoms with Crippen LogP contribution in [0.5, 0.6) is 0 Å². The van der Waals surface area contributed by atoms with Crippen molar-refractivity contribution in [2.75, 3.05) is 0 Å². The summed E-state index contributed by atoms with van der Waals surface area (Å²) < 4.78 is 13.4. The Bertz CT molecular complexity index is 450. The van der Waals surface area contributed by atoms with Crippen molar-refractivity contribution in [3.63, 3.8) is 0 Å². The highest BCUT2D eigenvalue weighted by molar-refractivity contribution is 6.31. The average Bonchev–Trinajstić information content (AvgIpc) is 2.33. The van der Waals surface area contributed by atoms with Crippen molar-refractivity contribution < 1.29 is 9.18 Å². The summed E-state index contributed by atoms with van der Waals surface area (Å²) in [4.78, 5) is 11.7. The van der Waals surface area contributed by atoms with Crippen molar-refractivity contribution >= 4 is 17.5 Å². The van der Waals surface area contributed by atoms with Crippen molar-refractivity contribution in [2.24, 2.45) is 0 Å². The highest BCUT2D eigenvalue weighted by Crippen LogP contribution is 2.19. The highest BCUT2D eigenvalue weighted by atomic mass is 35.5. The molecule has 1 aromatic carbocycles. The molecule has 0 aliphatic heterocycles. The van der Waals surface area contributed by atoms with Crippen LogP contribution in [0.3, 0.4) is 0 Å². The number of carbonyl (C=O) groups excluding carboxylic acids is 1. The molecular formula is C13H14ClFN2O. The first-order valence-electron chi connectivity index (χ1n) is 5.70. The van der Waals surface area contributed by atoms with Gasteiger partial charge >= 0.3 is 0 Å². The number of nitrogens with one attached hydrogen (secondary N) is 1. The summed E-state index contributed by atoms with van der Waals surface area (Å²) in [6, 6.07) is 5.72. The molecule has 5 heteroatoms. The standard InChI is InChI=1S/C13H14ClFN2O/c1-2-4-9(8-16)17-13(18)7-10-11(14)5-3-6-12(10)15/h3,5-6,9H,2,4,7H2,1H3,(H,17,18). The number of amides is 1. The summed E-state index contributed by atoms with van der Waals surface area (Å²) >= 11 is 5.82. The van der Waals surface area contributed by atoms with Crippen LogP contribution in [-0.4, -0.2) is 11.9 Å². The fourth-order valence-electron chi connectivity index (χ4n) is 1.56. The largest absolute Gasteiger partial charge is 0.340 e. The van der Waals surface area contributed by atoms with Crippen molar-refractivity contribution in [2.45, 2.75) is 32.2 Å². The Morgan fingerprint density at radius 1 is 1.61 bits per heavy atom. The van der Waals surface area contributed by atoms with E-state index in [1.807, 2.05) is 13.0 Å². The average molecular weight is 269 g/mol. The normalized spacial score (nSPS) is 11.7. The lowest BCUT2D eigenvalue weighted by Gasteiger charge is -2.11. The first-order chi connectivity index (χ1) is 8.58. The van der Waals surface area contributed by atoms with Gasteiger partial charge in [-0.05, 0) is 18.6 Å². The van der Waals surface area contributed by atoms with E-state index in [1.54, 1.807) is 0 Å². The van der Waals surface area contributed by atoms with E-state index in [-0.39, 0.29) is 17.0 Å². The van der Waals surface area contributed by atoms with Gasteiger partial charge in [0.25, 0.3) is 0 Å². The number of rotatable bonds is 5. The van der Waals surface area contributed by atoms with Gasteiger partial charge in [0, 0.05) is 10.6 Å². The Morgan fingerprint density at radius 3 is 2.89 bits per heavy atom. The number of hydrogen-bond donors (Lipinski definition) is 1. The van der Waals surface area contributed by atoms with Crippen LogP contribution in [0.1, 0.15) is 25.3 Å². The molecule has 0 heterocycles. The van der Waals surface area contributed by atoms with Gasteiger partial charge in [-0.2, -0.15) is 5.26 Å². The van der Waals surface area contributed by atoms with E-state index in [0.29, 0.717) is 6.42 Å². The molecule has 18 heavy (non-hydrogen) atoms. The van der Waals surface area contributed by atoms with Gasteiger partial charge < -0.3 is 5.32 Å². The number of halogens is 2. The minimum absolute atomic E-state index is 0.157. The Kier molecular flexibility index (Phi) is 5.60. The minimum Gasteiger partial charge on any atom is -0.340 e. The van der Waals surface area contributed by atoms with E-state index in [0.717, 1.165) is 6.42 Å². The molecule has 1 aromatic rings. The Hall–Kier alpha value is -1.60. The van der Waals surface area contributed by atoms with Crippen LogP contribution in [0.4, 0.5) is 4.39 Å². The zero-order chi connectivity index (χ0) is 13.5. The van der Waals surface area contributed by atoms with Crippen molar-refractivity contribution in [3.05, 3.63) is 34.6 Å². The fraction of sp³-hybridized carbons (Fsp3) is 0.385. The molecule has 1 atom stereocenters. The van der Waals surface area contributed by atoms with E-state index >= 15 is 0 Å². The molecule has 96 valence electrons. The quantitative estimate of drug-likeness (QED) is 0.893. The van der Waals surface area contributed by atoms with Crippen LogP contribution in [-0.2, 0) is 11.2 Å². The first kappa shape index (κ1) is 14.5. The maximum atomic E-state index is 13.4. The van der Waals surface area contributed by atoms with E-state index in [4.69, 9.17) is 16.9 Å². The molecule has 0 aromatic heterocycles. The lowest BCUT2D eigenvalue weighted by atomic mass is 10.1. The molecule has 0 aliphatic carbocycles. The zero-order valence-corrected chi connectivity index (χ0v) is 10.8. The molecule has 0 radical (unpaired) electrons. The predicted octanol–water partition coefficient (Wildman–Crippen LogP) is 2.83. The van der Waals surface area contributed by atoms with Crippen LogP contribution >= 0.6 is 11.6 Å². The second-order valence-corrected chi connectivity index (χ2v) is 4.32. The van der Waals surface area contributed by atoms with E-state index in [1.165, 1.54) is 18.2 Å². The van der Waals surface area contributed by atoms with Gasteiger partial charge in [-0.1, -0.05) is 31.0 Å². The fourth-order valence-corrected chi connectivity index (χ4v) is 1.79. The molecule has 0 saturated carbocycles. The second-order valence-electron chi connectivity index (χ2n) is 3.91. The lowest BCUT2D eigenvalue weighted by molar-refractivity contribution is -0.120. The van der Waals surface area contributed by atoms with Gasteiger partial charge in [-0.15, -0.1) is 0 Å². The van der Waals surface area contributed by atoms with Crippen LogP contribution < -0.4 is 5.32 Å². The lowest BCUT2D eigenvalue weighted by Crippen LogP contribution is -2.34. The van der Waals surface area contributed by atoms with Crippen LogP contribution in [0.2, 0.25) is 5.02 Å². The number of carbonyl (C=O) groups is 1. The molecule has 0 fully saturated rings. The monoisotopic (exact) mass is 268 g/mol. The van der Waals surface area contributed by atoms with Crippen LogP contribution in [0, 0.1) is 17.1 Å². The Morgan fingerprint density at radius 2 is 2.33 bits per heavy atom. The zero-order valence-electron chi connectivity index (χ0n) is 10.0. The maximum absolute atomic E-state index is 13.4. The summed E-state index contributed by atoms with van der Waals surface area (Å²) in [5.41, 5.74) is 0.157. The van der Waals surface area contributed by atoms with E-state index < -0.39 is 17.8 Å². The molecule has 3 nitrogen and oxygen atoms in total. The number of benzene rings is 1. The van der Waals surface area contributed by atoms with E-state index in [9.17, 15) is 9.18 Å². The van der Waals surface area contributed by atoms with Gasteiger partial charge in [0.1, 0.15) is 11.9 Å². The summed E-state index contributed by atoms with van der Waals surface area (Å²) in [5, 5.41) is 11.6. The highest BCUT2D eigenvalue weighted by Gasteiger charge is 2.14. The SMILES string of the molecule is CCCC(C#N)NC(=O)Cc1c(F)cccc1Cl. The van der Waals surface area contributed by atoms with Gasteiger partial charge in [0.2, 0.25) is 5.91 Å². The Labute approximate surface area is 111 Å². The molecule has 0 aliphatic rings. The van der Waals surface area contributed by atoms with Crippen molar-refractivity contribution in [3.8, 4) is 6.07 Å². The third kappa shape index (κ3) is 4.01. The van der Waals surface area contributed by atoms with Gasteiger partial charge in [-0.3, -0.25) is 4.79 Å². The maximum Gasteiger partial charge on any atom is 0.225 e. The molecular weight excluding hydrogens is 255 g/mol. The topological polar surface area (TPSA) is 52.9 Å². The second kappa shape index (κ2) is 6.97. The smallest absolute Gasteiger partial charge is 0.225 e. The molecule has 1 N–H and O–H groups in total. The third-order valence-corrected chi connectivity index (χ3v) is 2.82. The van der Waals surface area contributed by atoms with Crippen molar-refractivity contribution in [1.82, 2.24) is 5.32 Å². The first-order valence-corrected chi connectivity index (χ1v) is 6.08. The number of nitrogens with zero attached hydrogens (tertiary/aromatic N) is 1. The third-order valence-electron chi connectivity index (χ3n) is 2.47. The molecule has 0 saturated heterocycles. The number of hydrogen-bond acceptors (Lipinski definition) is 2. The molecule has 1 rings (SSSR count). The minimum atomic E-state index is -0.534. The summed E-state index contributed by atoms with van der Waals surface area (Å²) in [6.45, 7) is 1.92. The summed E-state index contributed by atoms with van der Waals surface area (Å²) in [6.07, 6.45) is 1.21. The van der Waals surface area contributed by atoms with Crippen LogP contribution in [0.25, 0.3) is 0 Å². The van der Waals surface area contributed by atoms with E-state index in [2.05, 4.69) is 5.32 Å². The van der Waals surface area contributed by atoms with Crippen molar-refractivity contribution in [1.29, 1.82) is 5.26 Å². The van der Waals surface area contributed by atoms with Gasteiger partial charge in [0.15, 0.2) is 0 Å². The number of nitriles is 1. The van der Waals surface area contributed by atoms with Gasteiger partial charge in [0.05, 0.1) is 12.5 Å². The molecule has 1 unspecified atom stereocenters. The summed E-state index contributed by atoms with van der Waals surface area (Å²) in [7, 11) is 0. The molecule has 0 spiro atoms. The Balaban J connectivity index is 2.68. The molecule has 1 amide bonds. The predicted molar refractivity (Wildman–Crippen MR) is 67.6 cm³/mol. The summed E-state index contributed by atoms with van der Waals surface area (Å²) in [5.74, 6) is -0.913. The van der Waals surface area contributed by atoms with Crippen LogP contribution in [0.15, 0.2) is 18.2 Å². The molecule has 0 bridgehead atoms. The van der Waals surface area contributed by atoms with Gasteiger partial charge in [-0.25, -0.2) is 4.39 Å².